The highest BCUT2D eigenvalue weighted by molar-refractivity contribution is 7.89. The first-order valence-corrected chi connectivity index (χ1v) is 6.71. The Labute approximate surface area is 102 Å². The number of hydrogen-bond acceptors (Lipinski definition) is 4. The number of aliphatic hydroxyl groups is 1. The lowest BCUT2D eigenvalue weighted by molar-refractivity contribution is 0.00638. The Hall–Kier alpha value is -0.980. The van der Waals surface area contributed by atoms with Crippen LogP contribution in [0.1, 0.15) is 27.7 Å². The van der Waals surface area contributed by atoms with Crippen molar-refractivity contribution in [1.29, 1.82) is 0 Å². The van der Waals surface area contributed by atoms with E-state index < -0.39 is 21.2 Å². The molecule has 1 aromatic rings. The van der Waals surface area contributed by atoms with Crippen LogP contribution in [0, 0.1) is 0 Å². The Morgan fingerprint density at radius 2 is 1.88 bits per heavy atom. The van der Waals surface area contributed by atoms with Crippen LogP contribution in [0.3, 0.4) is 0 Å². The molecule has 0 saturated carbocycles. The van der Waals surface area contributed by atoms with Crippen molar-refractivity contribution in [3.63, 3.8) is 0 Å². The van der Waals surface area contributed by atoms with Gasteiger partial charge in [0.25, 0.3) is 0 Å². The minimum Gasteiger partial charge on any atom is -0.389 e. The second-order valence-corrected chi connectivity index (χ2v) is 6.66. The van der Waals surface area contributed by atoms with E-state index in [-0.39, 0.29) is 4.90 Å². The molecule has 1 rings (SSSR count). The summed E-state index contributed by atoms with van der Waals surface area (Å²) in [6.45, 7) is 6.36. The van der Waals surface area contributed by atoms with Crippen LogP contribution in [0.5, 0.6) is 0 Å². The first kappa shape index (κ1) is 14.1. The predicted octanol–water partition coefficient (Wildman–Crippen LogP) is 0.909. The van der Waals surface area contributed by atoms with Gasteiger partial charge in [-0.3, -0.25) is 4.98 Å². The van der Waals surface area contributed by atoms with Crippen molar-refractivity contribution in [2.75, 3.05) is 0 Å². The summed E-state index contributed by atoms with van der Waals surface area (Å²) in [5.74, 6) is 0. The number of sulfonamides is 1. The molecule has 17 heavy (non-hydrogen) atoms. The van der Waals surface area contributed by atoms with Crippen LogP contribution in [-0.2, 0) is 10.0 Å². The highest BCUT2D eigenvalue weighted by atomic mass is 32.2. The molecule has 0 spiro atoms. The summed E-state index contributed by atoms with van der Waals surface area (Å²) in [5, 5.41) is 9.91. The lowest BCUT2D eigenvalue weighted by Gasteiger charge is -2.37. The summed E-state index contributed by atoms with van der Waals surface area (Å²) in [7, 11) is -3.67. The van der Waals surface area contributed by atoms with Crippen molar-refractivity contribution >= 4 is 10.0 Å². The number of hydrogen-bond donors (Lipinski definition) is 2. The number of rotatable bonds is 4. The second kappa shape index (κ2) is 4.36. The molecule has 0 aliphatic carbocycles. The molecule has 0 aliphatic rings. The molecule has 5 nitrogen and oxygen atoms in total. The maximum absolute atomic E-state index is 12.0. The van der Waals surface area contributed by atoms with Gasteiger partial charge in [-0.2, -0.15) is 0 Å². The molecule has 0 unspecified atom stereocenters. The van der Waals surface area contributed by atoms with Crippen LogP contribution in [0.25, 0.3) is 0 Å². The fourth-order valence-electron chi connectivity index (χ4n) is 1.03. The zero-order valence-electron chi connectivity index (χ0n) is 10.4. The number of pyridine rings is 1. The molecule has 0 fully saturated rings. The molecule has 0 amide bonds. The first-order valence-electron chi connectivity index (χ1n) is 5.23. The third kappa shape index (κ3) is 3.24. The molecule has 96 valence electrons. The van der Waals surface area contributed by atoms with Crippen molar-refractivity contribution in [1.82, 2.24) is 9.71 Å². The van der Waals surface area contributed by atoms with E-state index in [4.69, 9.17) is 0 Å². The van der Waals surface area contributed by atoms with Gasteiger partial charge in [0.15, 0.2) is 0 Å². The van der Waals surface area contributed by atoms with Crippen LogP contribution >= 0.6 is 0 Å². The van der Waals surface area contributed by atoms with Gasteiger partial charge in [0.1, 0.15) is 4.90 Å². The molecule has 1 heterocycles. The van der Waals surface area contributed by atoms with Crippen molar-refractivity contribution < 1.29 is 13.5 Å². The topological polar surface area (TPSA) is 79.3 Å². The molecule has 0 aromatic carbocycles. The molecule has 0 aliphatic heterocycles. The van der Waals surface area contributed by atoms with Crippen molar-refractivity contribution in [3.8, 4) is 0 Å². The van der Waals surface area contributed by atoms with Crippen molar-refractivity contribution in [3.05, 3.63) is 24.5 Å². The average molecular weight is 258 g/mol. The third-order valence-electron chi connectivity index (χ3n) is 2.86. The summed E-state index contributed by atoms with van der Waals surface area (Å²) < 4.78 is 26.5. The largest absolute Gasteiger partial charge is 0.389 e. The quantitative estimate of drug-likeness (QED) is 0.841. The Morgan fingerprint density at radius 3 is 2.29 bits per heavy atom. The van der Waals surface area contributed by atoms with Gasteiger partial charge in [0.2, 0.25) is 10.0 Å². The van der Waals surface area contributed by atoms with E-state index in [1.54, 1.807) is 33.8 Å². The van der Waals surface area contributed by atoms with Gasteiger partial charge in [0.05, 0.1) is 11.1 Å². The van der Waals surface area contributed by atoms with E-state index in [2.05, 4.69) is 9.71 Å². The van der Waals surface area contributed by atoms with E-state index in [0.29, 0.717) is 0 Å². The Morgan fingerprint density at radius 1 is 1.29 bits per heavy atom. The molecule has 0 atom stereocenters. The van der Waals surface area contributed by atoms with Gasteiger partial charge >= 0.3 is 0 Å². The molecule has 0 bridgehead atoms. The first-order chi connectivity index (χ1) is 7.56. The van der Waals surface area contributed by atoms with Crippen LogP contribution in [0.15, 0.2) is 29.4 Å². The highest BCUT2D eigenvalue weighted by Gasteiger charge is 2.38. The van der Waals surface area contributed by atoms with Crippen molar-refractivity contribution in [2.24, 2.45) is 0 Å². The van der Waals surface area contributed by atoms with E-state index in [1.165, 1.54) is 18.5 Å². The van der Waals surface area contributed by atoms with Crippen molar-refractivity contribution in [2.45, 2.75) is 43.7 Å². The fourth-order valence-corrected chi connectivity index (χ4v) is 2.52. The molecule has 2 N–H and O–H groups in total. The van der Waals surface area contributed by atoms with Gasteiger partial charge in [-0.1, -0.05) is 0 Å². The summed E-state index contributed by atoms with van der Waals surface area (Å²) in [4.78, 5) is 3.84. The number of nitrogens with one attached hydrogen (secondary N) is 1. The Kier molecular flexibility index (Phi) is 3.61. The third-order valence-corrected chi connectivity index (χ3v) is 4.50. The van der Waals surface area contributed by atoms with Gasteiger partial charge in [-0.25, -0.2) is 13.1 Å². The predicted molar refractivity (Wildman–Crippen MR) is 64.9 cm³/mol. The standard InChI is InChI=1S/C11H18N2O3S/c1-10(2,11(3,4)14)13-17(15,16)9-6-5-7-12-8-9/h5-8,13-14H,1-4H3. The second-order valence-electron chi connectivity index (χ2n) is 4.98. The summed E-state index contributed by atoms with van der Waals surface area (Å²) in [6.07, 6.45) is 2.77. The van der Waals surface area contributed by atoms with Gasteiger partial charge in [0, 0.05) is 12.4 Å². The lowest BCUT2D eigenvalue weighted by Crippen LogP contribution is -2.57. The zero-order valence-corrected chi connectivity index (χ0v) is 11.2. The average Bonchev–Trinajstić information content (AvgIpc) is 2.15. The monoisotopic (exact) mass is 258 g/mol. The fraction of sp³-hybridized carbons (Fsp3) is 0.545. The smallest absolute Gasteiger partial charge is 0.242 e. The van der Waals surface area contributed by atoms with Gasteiger partial charge in [-0.15, -0.1) is 0 Å². The number of nitrogens with zero attached hydrogens (tertiary/aromatic N) is 1. The zero-order chi connectivity index (χ0) is 13.3. The molecular weight excluding hydrogens is 240 g/mol. The van der Waals surface area contributed by atoms with Crippen LogP contribution in [0.2, 0.25) is 0 Å². The molecule has 6 heteroatoms. The van der Waals surface area contributed by atoms with E-state index in [0.717, 1.165) is 0 Å². The normalized spacial score (nSPS) is 13.7. The summed E-state index contributed by atoms with van der Waals surface area (Å²) in [6, 6.07) is 3.00. The van der Waals surface area contributed by atoms with Gasteiger partial charge < -0.3 is 5.11 Å². The van der Waals surface area contributed by atoms with Crippen LogP contribution < -0.4 is 4.72 Å². The minimum atomic E-state index is -3.67. The van der Waals surface area contributed by atoms with Crippen LogP contribution in [-0.4, -0.2) is 29.6 Å². The molecule has 1 aromatic heterocycles. The van der Waals surface area contributed by atoms with Crippen LogP contribution in [0.4, 0.5) is 0 Å². The van der Waals surface area contributed by atoms with E-state index in [9.17, 15) is 13.5 Å². The molecule has 0 saturated heterocycles. The maximum atomic E-state index is 12.0. The Bertz CT molecular complexity index is 475. The molecular formula is C11H18N2O3S. The summed E-state index contributed by atoms with van der Waals surface area (Å²) in [5.41, 5.74) is -2.16. The van der Waals surface area contributed by atoms with E-state index in [1.807, 2.05) is 0 Å². The van der Waals surface area contributed by atoms with E-state index >= 15 is 0 Å². The summed E-state index contributed by atoms with van der Waals surface area (Å²) >= 11 is 0. The Balaban J connectivity index is 3.04. The van der Waals surface area contributed by atoms with Gasteiger partial charge in [-0.05, 0) is 39.8 Å². The maximum Gasteiger partial charge on any atom is 0.242 e. The highest BCUT2D eigenvalue weighted by Crippen LogP contribution is 2.23. The molecule has 0 radical (unpaired) electrons. The minimum absolute atomic E-state index is 0.0809. The number of aromatic nitrogens is 1. The lowest BCUT2D eigenvalue weighted by atomic mass is 9.87. The SMILES string of the molecule is CC(C)(O)C(C)(C)NS(=O)(=O)c1cccnc1.